The van der Waals surface area contributed by atoms with Crippen LogP contribution in [0.2, 0.25) is 0 Å². The van der Waals surface area contributed by atoms with Gasteiger partial charge in [0.05, 0.1) is 4.88 Å². The predicted octanol–water partition coefficient (Wildman–Crippen LogP) is 1.23. The van der Waals surface area contributed by atoms with Gasteiger partial charge in [0.1, 0.15) is 0 Å². The molecule has 1 aromatic rings. The highest BCUT2D eigenvalue weighted by Crippen LogP contribution is 2.19. The second-order valence-corrected chi connectivity index (χ2v) is 5.00. The van der Waals surface area contributed by atoms with Crippen LogP contribution in [0.1, 0.15) is 21.0 Å². The van der Waals surface area contributed by atoms with Crippen LogP contribution in [-0.4, -0.2) is 29.9 Å². The molecule has 1 amide bonds. The monoisotopic (exact) mass is 210 g/mol. The van der Waals surface area contributed by atoms with Gasteiger partial charge >= 0.3 is 0 Å². The van der Waals surface area contributed by atoms with Gasteiger partial charge in [-0.05, 0) is 25.5 Å². The number of carbonyl (C=O) groups excluding carboxylic acids is 1. The molecule has 1 atom stereocenters. The third-order valence-electron chi connectivity index (χ3n) is 2.46. The average molecular weight is 210 g/mol. The van der Waals surface area contributed by atoms with E-state index >= 15 is 0 Å². The van der Waals surface area contributed by atoms with Gasteiger partial charge in [-0.2, -0.15) is 0 Å². The van der Waals surface area contributed by atoms with Crippen molar-refractivity contribution in [3.63, 3.8) is 0 Å². The molecule has 0 saturated carbocycles. The predicted molar refractivity (Wildman–Crippen MR) is 57.6 cm³/mol. The van der Waals surface area contributed by atoms with Crippen molar-refractivity contribution in [1.29, 1.82) is 0 Å². The van der Waals surface area contributed by atoms with E-state index < -0.39 is 0 Å². The Labute approximate surface area is 87.5 Å². The standard InChI is InChI=1S/C10H14N2OS/c1-7-2-3-9(14-7)10(13)12-5-4-8(11)6-12/h2-3,8H,4-6,11H2,1H3. The van der Waals surface area contributed by atoms with Crippen molar-refractivity contribution >= 4 is 17.2 Å². The van der Waals surface area contributed by atoms with Crippen LogP contribution < -0.4 is 5.73 Å². The van der Waals surface area contributed by atoms with Crippen molar-refractivity contribution in [3.05, 3.63) is 21.9 Å². The molecule has 3 nitrogen and oxygen atoms in total. The van der Waals surface area contributed by atoms with Gasteiger partial charge < -0.3 is 10.6 Å². The molecule has 0 radical (unpaired) electrons. The van der Waals surface area contributed by atoms with E-state index in [0.29, 0.717) is 6.54 Å². The number of likely N-dealkylation sites (tertiary alicyclic amines) is 1. The molecule has 1 aliphatic heterocycles. The van der Waals surface area contributed by atoms with E-state index in [1.165, 1.54) is 4.88 Å². The van der Waals surface area contributed by atoms with Gasteiger partial charge in [-0.1, -0.05) is 0 Å². The van der Waals surface area contributed by atoms with Crippen molar-refractivity contribution in [3.8, 4) is 0 Å². The van der Waals surface area contributed by atoms with E-state index in [1.807, 2.05) is 24.0 Å². The van der Waals surface area contributed by atoms with Crippen LogP contribution in [-0.2, 0) is 0 Å². The molecule has 76 valence electrons. The molecule has 14 heavy (non-hydrogen) atoms. The second kappa shape index (κ2) is 3.71. The highest BCUT2D eigenvalue weighted by molar-refractivity contribution is 7.13. The van der Waals surface area contributed by atoms with Crippen molar-refractivity contribution in [2.24, 2.45) is 5.73 Å². The van der Waals surface area contributed by atoms with Gasteiger partial charge in [0.2, 0.25) is 0 Å². The molecule has 2 N–H and O–H groups in total. The molecule has 1 aliphatic rings. The third-order valence-corrected chi connectivity index (χ3v) is 3.45. The summed E-state index contributed by atoms with van der Waals surface area (Å²) in [5.41, 5.74) is 5.76. The van der Waals surface area contributed by atoms with Gasteiger partial charge in [-0.25, -0.2) is 0 Å². The average Bonchev–Trinajstić information content (AvgIpc) is 2.73. The van der Waals surface area contributed by atoms with Crippen LogP contribution in [0.15, 0.2) is 12.1 Å². The Morgan fingerprint density at radius 3 is 2.93 bits per heavy atom. The molecular formula is C10H14N2OS. The van der Waals surface area contributed by atoms with Crippen LogP contribution in [0.25, 0.3) is 0 Å². The first-order chi connectivity index (χ1) is 6.66. The Morgan fingerprint density at radius 1 is 1.64 bits per heavy atom. The zero-order chi connectivity index (χ0) is 10.1. The maximum atomic E-state index is 11.9. The molecule has 0 bridgehead atoms. The van der Waals surface area contributed by atoms with Gasteiger partial charge in [0.15, 0.2) is 0 Å². The fraction of sp³-hybridized carbons (Fsp3) is 0.500. The van der Waals surface area contributed by atoms with E-state index in [2.05, 4.69) is 0 Å². The fourth-order valence-electron chi connectivity index (χ4n) is 1.68. The molecule has 0 spiro atoms. The van der Waals surface area contributed by atoms with Crippen molar-refractivity contribution in [2.75, 3.05) is 13.1 Å². The zero-order valence-corrected chi connectivity index (χ0v) is 9.01. The Morgan fingerprint density at radius 2 is 2.43 bits per heavy atom. The van der Waals surface area contributed by atoms with E-state index in [-0.39, 0.29) is 11.9 Å². The lowest BCUT2D eigenvalue weighted by Gasteiger charge is -2.13. The quantitative estimate of drug-likeness (QED) is 0.757. The summed E-state index contributed by atoms with van der Waals surface area (Å²) >= 11 is 1.55. The Bertz CT molecular complexity index is 348. The molecule has 0 aliphatic carbocycles. The minimum absolute atomic E-state index is 0.135. The fourth-order valence-corrected chi connectivity index (χ4v) is 2.51. The maximum Gasteiger partial charge on any atom is 0.263 e. The summed E-state index contributed by atoms with van der Waals surface area (Å²) in [7, 11) is 0. The topological polar surface area (TPSA) is 46.3 Å². The summed E-state index contributed by atoms with van der Waals surface area (Å²) in [5, 5.41) is 0. The summed E-state index contributed by atoms with van der Waals surface area (Å²) in [6, 6.07) is 4.04. The van der Waals surface area contributed by atoms with Crippen LogP contribution in [0.3, 0.4) is 0 Å². The van der Waals surface area contributed by atoms with E-state index in [4.69, 9.17) is 5.73 Å². The van der Waals surface area contributed by atoms with Crippen LogP contribution >= 0.6 is 11.3 Å². The number of nitrogens with two attached hydrogens (primary N) is 1. The van der Waals surface area contributed by atoms with Gasteiger partial charge in [-0.3, -0.25) is 4.79 Å². The number of nitrogens with zero attached hydrogens (tertiary/aromatic N) is 1. The Hall–Kier alpha value is -0.870. The Balaban J connectivity index is 2.09. The summed E-state index contributed by atoms with van der Waals surface area (Å²) in [4.78, 5) is 15.7. The van der Waals surface area contributed by atoms with Gasteiger partial charge in [0, 0.05) is 24.0 Å². The molecule has 1 unspecified atom stereocenters. The minimum atomic E-state index is 0.135. The lowest BCUT2D eigenvalue weighted by Crippen LogP contribution is -2.31. The van der Waals surface area contributed by atoms with Crippen molar-refractivity contribution in [1.82, 2.24) is 4.90 Å². The molecule has 1 fully saturated rings. The number of hydrogen-bond donors (Lipinski definition) is 1. The molecule has 0 aromatic carbocycles. The number of hydrogen-bond acceptors (Lipinski definition) is 3. The largest absolute Gasteiger partial charge is 0.336 e. The number of aryl methyl sites for hydroxylation is 1. The first-order valence-corrected chi connectivity index (χ1v) is 5.60. The van der Waals surface area contributed by atoms with E-state index in [1.54, 1.807) is 11.3 Å². The Kier molecular flexibility index (Phi) is 2.56. The van der Waals surface area contributed by atoms with Crippen LogP contribution in [0.5, 0.6) is 0 Å². The van der Waals surface area contributed by atoms with Crippen molar-refractivity contribution in [2.45, 2.75) is 19.4 Å². The lowest BCUT2D eigenvalue weighted by molar-refractivity contribution is 0.0795. The normalized spacial score (nSPS) is 21.6. The number of carbonyl (C=O) groups is 1. The van der Waals surface area contributed by atoms with E-state index in [9.17, 15) is 4.79 Å². The summed E-state index contributed by atoms with van der Waals surface area (Å²) < 4.78 is 0. The first kappa shape index (κ1) is 9.68. The highest BCUT2D eigenvalue weighted by Gasteiger charge is 2.24. The molecule has 4 heteroatoms. The zero-order valence-electron chi connectivity index (χ0n) is 8.19. The smallest absolute Gasteiger partial charge is 0.263 e. The number of thiophene rings is 1. The molecule has 1 aromatic heterocycles. The van der Waals surface area contributed by atoms with Crippen molar-refractivity contribution < 1.29 is 4.79 Å². The highest BCUT2D eigenvalue weighted by atomic mass is 32.1. The summed E-state index contributed by atoms with van der Waals surface area (Å²) in [6.07, 6.45) is 0.927. The lowest BCUT2D eigenvalue weighted by atomic mass is 10.3. The minimum Gasteiger partial charge on any atom is -0.336 e. The first-order valence-electron chi connectivity index (χ1n) is 4.78. The molecule has 2 heterocycles. The van der Waals surface area contributed by atoms with Gasteiger partial charge in [-0.15, -0.1) is 11.3 Å². The molecular weight excluding hydrogens is 196 g/mol. The van der Waals surface area contributed by atoms with Crippen LogP contribution in [0, 0.1) is 6.92 Å². The summed E-state index contributed by atoms with van der Waals surface area (Å²) in [5.74, 6) is 0.135. The maximum absolute atomic E-state index is 11.9. The van der Waals surface area contributed by atoms with Crippen LogP contribution in [0.4, 0.5) is 0 Å². The number of amides is 1. The molecule has 1 saturated heterocycles. The second-order valence-electron chi connectivity index (χ2n) is 3.71. The molecule has 2 rings (SSSR count). The SMILES string of the molecule is Cc1ccc(C(=O)N2CCC(N)C2)s1. The van der Waals surface area contributed by atoms with Gasteiger partial charge in [0.25, 0.3) is 5.91 Å². The number of rotatable bonds is 1. The van der Waals surface area contributed by atoms with E-state index in [0.717, 1.165) is 17.8 Å². The summed E-state index contributed by atoms with van der Waals surface area (Å²) in [6.45, 7) is 3.52. The third kappa shape index (κ3) is 1.81.